The normalized spacial score (nSPS) is 12.1. The van der Waals surface area contributed by atoms with Crippen LogP contribution in [0.15, 0.2) is 12.1 Å². The van der Waals surface area contributed by atoms with Crippen LogP contribution in [-0.4, -0.2) is 24.5 Å². The molecule has 0 bridgehead atoms. The molecule has 4 nitrogen and oxygen atoms in total. The Morgan fingerprint density at radius 1 is 1.13 bits per heavy atom. The summed E-state index contributed by atoms with van der Waals surface area (Å²) >= 11 is 0. The van der Waals surface area contributed by atoms with Crippen LogP contribution in [0.25, 0.3) is 0 Å². The van der Waals surface area contributed by atoms with Gasteiger partial charge in [-0.1, -0.05) is 31.5 Å². The van der Waals surface area contributed by atoms with Gasteiger partial charge in [-0.05, 0) is 56.7 Å². The van der Waals surface area contributed by atoms with E-state index in [1.807, 2.05) is 34.6 Å². The number of hydrogen-bond acceptors (Lipinski definition) is 3. The fraction of sp³-hybridized carbons (Fsp3) is 0.579. The van der Waals surface area contributed by atoms with Gasteiger partial charge >= 0.3 is 5.97 Å². The summed E-state index contributed by atoms with van der Waals surface area (Å²) in [6.07, 6.45) is 0.863. The smallest absolute Gasteiger partial charge is 0.328 e. The molecule has 1 aromatic rings. The molecule has 1 rings (SSSR count). The van der Waals surface area contributed by atoms with Gasteiger partial charge in [-0.15, -0.1) is 0 Å². The van der Waals surface area contributed by atoms with Gasteiger partial charge in [0.2, 0.25) is 5.91 Å². The van der Waals surface area contributed by atoms with E-state index in [1.165, 1.54) is 5.56 Å². The topological polar surface area (TPSA) is 55.4 Å². The van der Waals surface area contributed by atoms with Crippen LogP contribution in [0.5, 0.6) is 0 Å². The van der Waals surface area contributed by atoms with Crippen molar-refractivity contribution >= 4 is 11.9 Å². The average molecular weight is 319 g/mol. The largest absolute Gasteiger partial charge is 0.464 e. The van der Waals surface area contributed by atoms with Crippen molar-refractivity contribution in [3.8, 4) is 0 Å². The number of aryl methyl sites for hydroxylation is 3. The fourth-order valence-corrected chi connectivity index (χ4v) is 2.82. The molecule has 0 heterocycles. The zero-order valence-electron chi connectivity index (χ0n) is 15.2. The van der Waals surface area contributed by atoms with Crippen LogP contribution >= 0.6 is 0 Å². The van der Waals surface area contributed by atoms with E-state index >= 15 is 0 Å². The van der Waals surface area contributed by atoms with Crippen LogP contribution < -0.4 is 5.32 Å². The second-order valence-corrected chi connectivity index (χ2v) is 6.56. The molecular formula is C19H29NO3. The lowest BCUT2D eigenvalue weighted by atomic mass is 9.96. The number of ether oxygens (including phenoxy) is 1. The molecule has 0 aromatic heterocycles. The molecule has 0 saturated heterocycles. The molecule has 1 amide bonds. The quantitative estimate of drug-likeness (QED) is 0.785. The lowest BCUT2D eigenvalue weighted by Gasteiger charge is -2.20. The van der Waals surface area contributed by atoms with Gasteiger partial charge in [0.05, 0.1) is 13.0 Å². The van der Waals surface area contributed by atoms with E-state index in [0.29, 0.717) is 18.9 Å². The molecule has 0 aliphatic heterocycles. The Kier molecular flexibility index (Phi) is 7.27. The molecule has 0 aliphatic rings. The van der Waals surface area contributed by atoms with E-state index in [0.717, 1.165) is 16.7 Å². The van der Waals surface area contributed by atoms with Crippen molar-refractivity contribution < 1.29 is 14.3 Å². The number of nitrogens with one attached hydrogen (secondary N) is 1. The van der Waals surface area contributed by atoms with Crippen LogP contribution in [0.4, 0.5) is 0 Å². The minimum absolute atomic E-state index is 0.140. The lowest BCUT2D eigenvalue weighted by molar-refractivity contribution is -0.147. The minimum Gasteiger partial charge on any atom is -0.464 e. The Bertz CT molecular complexity index is 541. The monoisotopic (exact) mass is 319 g/mol. The number of carbonyl (C=O) groups is 2. The molecule has 1 aromatic carbocycles. The highest BCUT2D eigenvalue weighted by molar-refractivity contribution is 5.86. The summed E-state index contributed by atoms with van der Waals surface area (Å²) in [5, 5.41) is 2.84. The average Bonchev–Trinajstić information content (AvgIpc) is 2.41. The first-order valence-electron chi connectivity index (χ1n) is 8.27. The third kappa shape index (κ3) is 6.05. The lowest BCUT2D eigenvalue weighted by Crippen LogP contribution is -2.43. The predicted molar refractivity (Wildman–Crippen MR) is 92.4 cm³/mol. The Labute approximate surface area is 139 Å². The van der Waals surface area contributed by atoms with Gasteiger partial charge in [-0.3, -0.25) is 4.79 Å². The van der Waals surface area contributed by atoms with E-state index in [9.17, 15) is 9.59 Å². The van der Waals surface area contributed by atoms with Crippen molar-refractivity contribution in [2.45, 2.75) is 60.4 Å². The number of benzene rings is 1. The Hall–Kier alpha value is -1.84. The van der Waals surface area contributed by atoms with Gasteiger partial charge in [0, 0.05) is 0 Å². The summed E-state index contributed by atoms with van der Waals surface area (Å²) in [5.41, 5.74) is 4.43. The molecule has 128 valence electrons. The second-order valence-electron chi connectivity index (χ2n) is 6.56. The molecule has 23 heavy (non-hydrogen) atoms. The molecular weight excluding hydrogens is 290 g/mol. The predicted octanol–water partition coefficient (Wildman–Crippen LogP) is 3.25. The van der Waals surface area contributed by atoms with E-state index in [2.05, 4.69) is 17.4 Å². The summed E-state index contributed by atoms with van der Waals surface area (Å²) in [6, 6.07) is 3.58. The maximum atomic E-state index is 12.4. The van der Waals surface area contributed by atoms with Crippen LogP contribution in [0.2, 0.25) is 0 Å². The summed E-state index contributed by atoms with van der Waals surface area (Å²) in [4.78, 5) is 24.4. The summed E-state index contributed by atoms with van der Waals surface area (Å²) in [7, 11) is 0. The highest BCUT2D eigenvalue weighted by Gasteiger charge is 2.23. The number of carbonyl (C=O) groups excluding carboxylic acids is 2. The summed E-state index contributed by atoms with van der Waals surface area (Å²) in [5.74, 6) is -0.196. The van der Waals surface area contributed by atoms with Crippen molar-refractivity contribution in [2.24, 2.45) is 5.92 Å². The zero-order chi connectivity index (χ0) is 17.6. The summed E-state index contributed by atoms with van der Waals surface area (Å²) < 4.78 is 5.07. The molecule has 1 atom stereocenters. The molecule has 0 saturated carbocycles. The maximum absolute atomic E-state index is 12.4. The second kappa shape index (κ2) is 8.70. The number of esters is 1. The van der Waals surface area contributed by atoms with E-state index in [4.69, 9.17) is 4.74 Å². The van der Waals surface area contributed by atoms with Gasteiger partial charge in [-0.25, -0.2) is 4.79 Å². The number of rotatable bonds is 7. The van der Waals surface area contributed by atoms with Crippen molar-refractivity contribution in [2.75, 3.05) is 6.61 Å². The van der Waals surface area contributed by atoms with E-state index < -0.39 is 6.04 Å². The van der Waals surface area contributed by atoms with Crippen LogP contribution in [0, 0.1) is 26.7 Å². The molecule has 0 fully saturated rings. The van der Waals surface area contributed by atoms with Gasteiger partial charge in [-0.2, -0.15) is 0 Å². The molecule has 1 N–H and O–H groups in total. The SMILES string of the molecule is CCOC(=O)[C@H](CC(C)C)NC(=O)Cc1c(C)cc(C)cc1C. The standard InChI is InChI=1S/C19H29NO3/c1-7-23-19(22)17(8-12(2)3)20-18(21)11-16-14(5)9-13(4)10-15(16)6/h9-10,12,17H,7-8,11H2,1-6H3,(H,20,21)/t17-/m0/s1. The van der Waals surface area contributed by atoms with Gasteiger partial charge in [0.1, 0.15) is 6.04 Å². The first kappa shape index (κ1) is 19.2. The molecule has 0 radical (unpaired) electrons. The third-order valence-corrected chi connectivity index (χ3v) is 3.79. The molecule has 0 aliphatic carbocycles. The Morgan fingerprint density at radius 3 is 2.17 bits per heavy atom. The van der Waals surface area contributed by atoms with Crippen molar-refractivity contribution in [3.63, 3.8) is 0 Å². The highest BCUT2D eigenvalue weighted by atomic mass is 16.5. The fourth-order valence-electron chi connectivity index (χ4n) is 2.82. The van der Waals surface area contributed by atoms with Crippen LogP contribution in [-0.2, 0) is 20.7 Å². The van der Waals surface area contributed by atoms with E-state index in [-0.39, 0.29) is 18.3 Å². The van der Waals surface area contributed by atoms with Crippen molar-refractivity contribution in [3.05, 3.63) is 34.4 Å². The first-order valence-corrected chi connectivity index (χ1v) is 8.27. The minimum atomic E-state index is -0.575. The van der Waals surface area contributed by atoms with Crippen LogP contribution in [0.3, 0.4) is 0 Å². The zero-order valence-corrected chi connectivity index (χ0v) is 15.2. The number of hydrogen-bond donors (Lipinski definition) is 1. The van der Waals surface area contributed by atoms with Gasteiger partial charge < -0.3 is 10.1 Å². The van der Waals surface area contributed by atoms with Gasteiger partial charge in [0.25, 0.3) is 0 Å². The van der Waals surface area contributed by atoms with Gasteiger partial charge in [0.15, 0.2) is 0 Å². The maximum Gasteiger partial charge on any atom is 0.328 e. The highest BCUT2D eigenvalue weighted by Crippen LogP contribution is 2.17. The Balaban J connectivity index is 2.81. The number of amides is 1. The molecule has 0 unspecified atom stereocenters. The van der Waals surface area contributed by atoms with Crippen molar-refractivity contribution in [1.29, 1.82) is 0 Å². The Morgan fingerprint density at radius 2 is 1.70 bits per heavy atom. The molecule has 4 heteroatoms. The van der Waals surface area contributed by atoms with Crippen LogP contribution in [0.1, 0.15) is 49.4 Å². The van der Waals surface area contributed by atoms with Crippen molar-refractivity contribution in [1.82, 2.24) is 5.32 Å². The summed E-state index contributed by atoms with van der Waals surface area (Å²) in [6.45, 7) is 12.2. The first-order chi connectivity index (χ1) is 10.7. The molecule has 0 spiro atoms. The third-order valence-electron chi connectivity index (χ3n) is 3.79. The van der Waals surface area contributed by atoms with E-state index in [1.54, 1.807) is 6.92 Å².